The van der Waals surface area contributed by atoms with Crippen LogP contribution in [0.5, 0.6) is 0 Å². The molecule has 0 saturated heterocycles. The van der Waals surface area contributed by atoms with Crippen LogP contribution >= 0.6 is 0 Å². The number of anilines is 2. The Kier molecular flexibility index (Phi) is 4.28. The van der Waals surface area contributed by atoms with Gasteiger partial charge >= 0.3 is 0 Å². The van der Waals surface area contributed by atoms with Crippen LogP contribution in [-0.4, -0.2) is 25.6 Å². The molecule has 0 radical (unpaired) electrons. The molecule has 3 N–H and O–H groups in total. The summed E-state index contributed by atoms with van der Waals surface area (Å²) in [6.45, 7) is 0. The molecule has 0 aliphatic rings. The van der Waals surface area contributed by atoms with Crippen molar-refractivity contribution in [3.8, 4) is 0 Å². The molecule has 1 heterocycles. The van der Waals surface area contributed by atoms with Crippen LogP contribution < -0.4 is 15.6 Å². The zero-order valence-electron chi connectivity index (χ0n) is 13.2. The van der Waals surface area contributed by atoms with E-state index in [9.17, 15) is 18.0 Å². The van der Waals surface area contributed by atoms with Crippen molar-refractivity contribution in [2.24, 2.45) is 0 Å². The SMILES string of the molecule is CS(=O)(=O)Nc1ccc(NC(=O)c2cc3ccccc3c(=O)[nH]2)cc1. The van der Waals surface area contributed by atoms with Gasteiger partial charge in [-0.05, 0) is 41.8 Å². The fourth-order valence-corrected chi connectivity index (χ4v) is 2.93. The van der Waals surface area contributed by atoms with Crippen molar-refractivity contribution in [2.45, 2.75) is 0 Å². The smallest absolute Gasteiger partial charge is 0.272 e. The number of fused-ring (bicyclic) bond motifs is 1. The molecule has 1 aromatic heterocycles. The van der Waals surface area contributed by atoms with Gasteiger partial charge in [-0.1, -0.05) is 18.2 Å². The lowest BCUT2D eigenvalue weighted by Gasteiger charge is -2.08. The number of hydrogen-bond acceptors (Lipinski definition) is 4. The predicted molar refractivity (Wildman–Crippen MR) is 97.4 cm³/mol. The quantitative estimate of drug-likeness (QED) is 0.665. The van der Waals surface area contributed by atoms with E-state index in [-0.39, 0.29) is 11.3 Å². The zero-order valence-corrected chi connectivity index (χ0v) is 14.1. The molecular weight excluding hydrogens is 342 g/mol. The number of nitrogens with one attached hydrogen (secondary N) is 3. The highest BCUT2D eigenvalue weighted by molar-refractivity contribution is 7.92. The summed E-state index contributed by atoms with van der Waals surface area (Å²) in [6, 6.07) is 14.8. The van der Waals surface area contributed by atoms with Gasteiger partial charge in [0.15, 0.2) is 0 Å². The average molecular weight is 357 g/mol. The summed E-state index contributed by atoms with van der Waals surface area (Å²) in [5.41, 5.74) is 0.663. The van der Waals surface area contributed by atoms with Gasteiger partial charge in [0.2, 0.25) is 10.0 Å². The van der Waals surface area contributed by atoms with E-state index >= 15 is 0 Å². The zero-order chi connectivity index (χ0) is 18.0. The van der Waals surface area contributed by atoms with Crippen LogP contribution in [-0.2, 0) is 10.0 Å². The van der Waals surface area contributed by atoms with Crippen LogP contribution in [0.15, 0.2) is 59.4 Å². The Morgan fingerprint density at radius 3 is 2.32 bits per heavy atom. The molecule has 3 aromatic rings. The van der Waals surface area contributed by atoms with Gasteiger partial charge < -0.3 is 10.3 Å². The second-order valence-corrected chi connectivity index (χ2v) is 7.25. The molecule has 0 atom stereocenters. The Morgan fingerprint density at radius 2 is 1.64 bits per heavy atom. The number of carbonyl (C=O) groups excluding carboxylic acids is 1. The van der Waals surface area contributed by atoms with Crippen molar-refractivity contribution in [1.82, 2.24) is 4.98 Å². The first-order chi connectivity index (χ1) is 11.8. The van der Waals surface area contributed by atoms with E-state index in [4.69, 9.17) is 0 Å². The van der Waals surface area contributed by atoms with E-state index in [0.717, 1.165) is 6.26 Å². The molecule has 3 rings (SSSR count). The highest BCUT2D eigenvalue weighted by Gasteiger charge is 2.10. The van der Waals surface area contributed by atoms with Crippen molar-refractivity contribution in [3.63, 3.8) is 0 Å². The second-order valence-electron chi connectivity index (χ2n) is 5.51. The molecular formula is C17H15N3O4S. The second kappa shape index (κ2) is 6.40. The predicted octanol–water partition coefficient (Wildman–Crippen LogP) is 2.15. The van der Waals surface area contributed by atoms with E-state index < -0.39 is 15.9 Å². The molecule has 0 unspecified atom stereocenters. The lowest BCUT2D eigenvalue weighted by atomic mass is 10.1. The number of benzene rings is 2. The normalized spacial score (nSPS) is 11.2. The van der Waals surface area contributed by atoms with E-state index in [1.54, 1.807) is 42.5 Å². The number of pyridine rings is 1. The van der Waals surface area contributed by atoms with Crippen LogP contribution in [0, 0.1) is 0 Å². The molecule has 8 heteroatoms. The van der Waals surface area contributed by atoms with Gasteiger partial charge in [0, 0.05) is 16.8 Å². The molecule has 0 aliphatic carbocycles. The Balaban J connectivity index is 1.81. The third kappa shape index (κ3) is 4.04. The minimum atomic E-state index is -3.36. The van der Waals surface area contributed by atoms with Gasteiger partial charge in [0.1, 0.15) is 5.69 Å². The van der Waals surface area contributed by atoms with Crippen LogP contribution in [0.4, 0.5) is 11.4 Å². The summed E-state index contributed by atoms with van der Waals surface area (Å²) in [6.07, 6.45) is 1.05. The molecule has 0 aliphatic heterocycles. The summed E-state index contributed by atoms with van der Waals surface area (Å²) >= 11 is 0. The van der Waals surface area contributed by atoms with Crippen molar-refractivity contribution >= 4 is 38.1 Å². The van der Waals surface area contributed by atoms with Gasteiger partial charge in [0.05, 0.1) is 6.26 Å². The van der Waals surface area contributed by atoms with Crippen LogP contribution in [0.25, 0.3) is 10.8 Å². The van der Waals surface area contributed by atoms with Gasteiger partial charge in [-0.25, -0.2) is 8.42 Å². The monoisotopic (exact) mass is 357 g/mol. The number of amides is 1. The summed E-state index contributed by atoms with van der Waals surface area (Å²) < 4.78 is 24.7. The standard InChI is InChI=1S/C17H15N3O4S/c1-25(23,24)20-13-8-6-12(7-9-13)18-17(22)15-10-11-4-2-3-5-14(11)16(21)19-15/h2-10,20H,1H3,(H,18,22)(H,19,21). The third-order valence-electron chi connectivity index (χ3n) is 3.44. The van der Waals surface area contributed by atoms with E-state index in [0.29, 0.717) is 22.1 Å². The van der Waals surface area contributed by atoms with Gasteiger partial charge in [-0.3, -0.25) is 14.3 Å². The molecule has 0 fully saturated rings. The molecule has 0 spiro atoms. The first-order valence-electron chi connectivity index (χ1n) is 7.33. The number of carbonyl (C=O) groups is 1. The number of aromatic amines is 1. The molecule has 2 aromatic carbocycles. The molecule has 0 saturated carbocycles. The summed E-state index contributed by atoms with van der Waals surface area (Å²) in [7, 11) is -3.36. The largest absolute Gasteiger partial charge is 0.321 e. The number of sulfonamides is 1. The topological polar surface area (TPSA) is 108 Å². The number of H-pyrrole nitrogens is 1. The molecule has 25 heavy (non-hydrogen) atoms. The minimum absolute atomic E-state index is 0.141. The van der Waals surface area contributed by atoms with Crippen molar-refractivity contribution in [2.75, 3.05) is 16.3 Å². The number of hydrogen-bond donors (Lipinski definition) is 3. The van der Waals surface area contributed by atoms with Crippen molar-refractivity contribution < 1.29 is 13.2 Å². The fourth-order valence-electron chi connectivity index (χ4n) is 2.37. The Morgan fingerprint density at radius 1 is 1.00 bits per heavy atom. The summed E-state index contributed by atoms with van der Waals surface area (Å²) in [5.74, 6) is -0.466. The van der Waals surface area contributed by atoms with E-state index in [1.807, 2.05) is 0 Å². The summed E-state index contributed by atoms with van der Waals surface area (Å²) in [5, 5.41) is 3.83. The maximum Gasteiger partial charge on any atom is 0.272 e. The van der Waals surface area contributed by atoms with Gasteiger partial charge in [-0.15, -0.1) is 0 Å². The maximum atomic E-state index is 12.3. The Hall–Kier alpha value is -3.13. The molecule has 7 nitrogen and oxygen atoms in total. The Labute approximate surface area is 143 Å². The first-order valence-corrected chi connectivity index (χ1v) is 9.22. The van der Waals surface area contributed by atoms with E-state index in [1.165, 1.54) is 12.1 Å². The van der Waals surface area contributed by atoms with Gasteiger partial charge in [-0.2, -0.15) is 0 Å². The lowest BCUT2D eigenvalue weighted by Crippen LogP contribution is -2.19. The summed E-state index contributed by atoms with van der Waals surface area (Å²) in [4.78, 5) is 26.9. The molecule has 128 valence electrons. The molecule has 1 amide bonds. The number of aromatic nitrogens is 1. The average Bonchev–Trinajstić information content (AvgIpc) is 2.55. The van der Waals surface area contributed by atoms with Crippen LogP contribution in [0.2, 0.25) is 0 Å². The van der Waals surface area contributed by atoms with Crippen LogP contribution in [0.1, 0.15) is 10.5 Å². The maximum absolute atomic E-state index is 12.3. The number of rotatable bonds is 4. The van der Waals surface area contributed by atoms with Crippen molar-refractivity contribution in [3.05, 3.63) is 70.6 Å². The minimum Gasteiger partial charge on any atom is -0.321 e. The first kappa shape index (κ1) is 16.7. The van der Waals surface area contributed by atoms with E-state index in [2.05, 4.69) is 15.0 Å². The molecule has 0 bridgehead atoms. The van der Waals surface area contributed by atoms with Crippen LogP contribution in [0.3, 0.4) is 0 Å². The Bertz CT molecular complexity index is 1100. The lowest BCUT2D eigenvalue weighted by molar-refractivity contribution is 0.102. The van der Waals surface area contributed by atoms with Gasteiger partial charge in [0.25, 0.3) is 11.5 Å². The third-order valence-corrected chi connectivity index (χ3v) is 4.05. The fraction of sp³-hybridized carbons (Fsp3) is 0.0588. The highest BCUT2D eigenvalue weighted by atomic mass is 32.2. The van der Waals surface area contributed by atoms with Crippen molar-refractivity contribution in [1.29, 1.82) is 0 Å². The highest BCUT2D eigenvalue weighted by Crippen LogP contribution is 2.16.